The van der Waals surface area contributed by atoms with E-state index in [0.717, 1.165) is 46.4 Å². The second kappa shape index (κ2) is 16.2. The average Bonchev–Trinajstić information content (AvgIpc) is 3.06. The first-order valence-corrected chi connectivity index (χ1v) is 17.6. The fourth-order valence-corrected chi connectivity index (χ4v) is 7.37. The lowest BCUT2D eigenvalue weighted by molar-refractivity contribution is -0.139. The van der Waals surface area contributed by atoms with E-state index in [1.165, 1.54) is 37.3 Å². The van der Waals surface area contributed by atoms with Crippen molar-refractivity contribution in [2.24, 2.45) is 0 Å². The van der Waals surface area contributed by atoms with Gasteiger partial charge in [-0.25, -0.2) is 8.42 Å². The topological polar surface area (TPSA) is 114 Å². The number of rotatable bonds is 14. The summed E-state index contributed by atoms with van der Waals surface area (Å²) in [6, 6.07) is 17.4. The molecular formula is C34H42BrN3O7S. The van der Waals surface area contributed by atoms with Crippen LogP contribution < -0.4 is 23.8 Å². The first kappa shape index (κ1) is 35.1. The Morgan fingerprint density at radius 3 is 2.28 bits per heavy atom. The summed E-state index contributed by atoms with van der Waals surface area (Å²) >= 11 is 3.48. The van der Waals surface area contributed by atoms with Crippen LogP contribution in [0.5, 0.6) is 17.2 Å². The molecule has 0 bridgehead atoms. The highest BCUT2D eigenvalue weighted by Gasteiger charge is 2.34. The fraction of sp³-hybridized carbons (Fsp3) is 0.412. The Morgan fingerprint density at radius 2 is 1.65 bits per heavy atom. The normalized spacial score (nSPS) is 14.2. The number of carbonyl (C=O) groups excluding carboxylic acids is 2. The van der Waals surface area contributed by atoms with E-state index in [4.69, 9.17) is 14.2 Å². The molecule has 1 saturated carbocycles. The molecule has 4 rings (SSSR count). The highest BCUT2D eigenvalue weighted by Crippen LogP contribution is 2.33. The molecule has 0 spiro atoms. The number of nitrogens with one attached hydrogen (secondary N) is 1. The maximum absolute atomic E-state index is 14.3. The van der Waals surface area contributed by atoms with E-state index in [2.05, 4.69) is 21.2 Å². The Labute approximate surface area is 280 Å². The minimum Gasteiger partial charge on any atom is -0.494 e. The van der Waals surface area contributed by atoms with Crippen molar-refractivity contribution >= 4 is 43.5 Å². The SMILES string of the molecule is CCOc1ccc(N(CC(=O)N(Cc2cccc(Br)c2)[C@@H](C)C(=O)NC2CCCCC2)S(=O)(=O)c2ccc(OC)c(OC)c2)cc1. The van der Waals surface area contributed by atoms with E-state index in [1.807, 2.05) is 31.2 Å². The average molecular weight is 717 g/mol. The minimum atomic E-state index is -4.31. The lowest BCUT2D eigenvalue weighted by atomic mass is 9.95. The molecule has 3 aromatic rings. The summed E-state index contributed by atoms with van der Waals surface area (Å²) in [7, 11) is -1.43. The number of nitrogens with zero attached hydrogens (tertiary/aromatic N) is 2. The standard InChI is InChI=1S/C34H42BrN3O7S/c1-5-45-29-16-14-28(15-17-29)38(46(41,42)30-18-19-31(43-3)32(21-30)44-4)23-33(39)37(22-25-10-9-11-26(35)20-25)24(2)34(40)36-27-12-7-6-8-13-27/h9-11,14-21,24,27H,5-8,12-13,22-23H2,1-4H3,(H,36,40)/t24-/m0/s1. The van der Waals surface area contributed by atoms with Crippen molar-refractivity contribution in [1.82, 2.24) is 10.2 Å². The van der Waals surface area contributed by atoms with Crippen LogP contribution in [0.1, 0.15) is 51.5 Å². The van der Waals surface area contributed by atoms with E-state index in [9.17, 15) is 18.0 Å². The van der Waals surface area contributed by atoms with Crippen LogP contribution >= 0.6 is 15.9 Å². The Bertz CT molecular complexity index is 1590. The fourth-order valence-electron chi connectivity index (χ4n) is 5.49. The lowest BCUT2D eigenvalue weighted by Crippen LogP contribution is -2.53. The molecule has 2 amide bonds. The quantitative estimate of drug-likeness (QED) is 0.220. The number of amides is 2. The number of benzene rings is 3. The summed E-state index contributed by atoms with van der Waals surface area (Å²) in [6.45, 7) is 3.52. The molecule has 248 valence electrons. The molecule has 1 aliphatic carbocycles. The summed E-state index contributed by atoms with van der Waals surface area (Å²) < 4.78 is 46.7. The van der Waals surface area contributed by atoms with Crippen LogP contribution in [-0.4, -0.2) is 64.6 Å². The first-order chi connectivity index (χ1) is 22.1. The summed E-state index contributed by atoms with van der Waals surface area (Å²) in [5.41, 5.74) is 1.05. The molecule has 10 nitrogen and oxygen atoms in total. The van der Waals surface area contributed by atoms with Gasteiger partial charge in [-0.05, 0) is 80.8 Å². The highest BCUT2D eigenvalue weighted by atomic mass is 79.9. The molecule has 0 saturated heterocycles. The number of halogens is 1. The molecule has 0 radical (unpaired) electrons. The molecule has 1 aliphatic rings. The van der Waals surface area contributed by atoms with Crippen LogP contribution in [0.4, 0.5) is 5.69 Å². The molecule has 46 heavy (non-hydrogen) atoms. The third-order valence-corrected chi connectivity index (χ3v) is 10.3. The van der Waals surface area contributed by atoms with E-state index >= 15 is 0 Å². The zero-order chi connectivity index (χ0) is 33.3. The van der Waals surface area contributed by atoms with Crippen LogP contribution in [0.15, 0.2) is 76.1 Å². The van der Waals surface area contributed by atoms with Gasteiger partial charge in [-0.3, -0.25) is 13.9 Å². The molecule has 0 aliphatic heterocycles. The van der Waals surface area contributed by atoms with Gasteiger partial charge in [-0.1, -0.05) is 47.3 Å². The Kier molecular flexibility index (Phi) is 12.3. The molecule has 1 atom stereocenters. The van der Waals surface area contributed by atoms with Crippen molar-refractivity contribution in [3.8, 4) is 17.2 Å². The smallest absolute Gasteiger partial charge is 0.264 e. The van der Waals surface area contributed by atoms with Gasteiger partial charge in [0.2, 0.25) is 11.8 Å². The van der Waals surface area contributed by atoms with Gasteiger partial charge in [-0.2, -0.15) is 0 Å². The summed E-state index contributed by atoms with van der Waals surface area (Å²) in [6.07, 6.45) is 5.03. The Morgan fingerprint density at radius 1 is 0.957 bits per heavy atom. The Hall–Kier alpha value is -3.77. The monoisotopic (exact) mass is 715 g/mol. The van der Waals surface area contributed by atoms with Crippen LogP contribution in [0.25, 0.3) is 0 Å². The van der Waals surface area contributed by atoms with Crippen LogP contribution in [-0.2, 0) is 26.2 Å². The predicted octanol–water partition coefficient (Wildman–Crippen LogP) is 5.93. The molecule has 1 fully saturated rings. The molecule has 12 heteroatoms. The molecule has 1 N–H and O–H groups in total. The summed E-state index contributed by atoms with van der Waals surface area (Å²) in [5, 5.41) is 3.12. The van der Waals surface area contributed by atoms with Crippen molar-refractivity contribution in [3.63, 3.8) is 0 Å². The summed E-state index contributed by atoms with van der Waals surface area (Å²) in [5.74, 6) is 0.342. The predicted molar refractivity (Wildman–Crippen MR) is 181 cm³/mol. The number of sulfonamides is 1. The number of methoxy groups -OCH3 is 2. The molecule has 0 heterocycles. The van der Waals surface area contributed by atoms with Gasteiger partial charge in [0.1, 0.15) is 18.3 Å². The number of hydrogen-bond acceptors (Lipinski definition) is 7. The zero-order valence-electron chi connectivity index (χ0n) is 26.7. The van der Waals surface area contributed by atoms with Crippen molar-refractivity contribution in [2.45, 2.75) is 69.5 Å². The number of carbonyl (C=O) groups is 2. The highest BCUT2D eigenvalue weighted by molar-refractivity contribution is 9.10. The van der Waals surface area contributed by atoms with E-state index in [1.54, 1.807) is 31.2 Å². The van der Waals surface area contributed by atoms with E-state index in [0.29, 0.717) is 18.1 Å². The van der Waals surface area contributed by atoms with Gasteiger partial charge in [-0.15, -0.1) is 0 Å². The van der Waals surface area contributed by atoms with Crippen molar-refractivity contribution < 1.29 is 32.2 Å². The molecule has 0 aromatic heterocycles. The van der Waals surface area contributed by atoms with Gasteiger partial charge >= 0.3 is 0 Å². The second-order valence-electron chi connectivity index (χ2n) is 11.1. The first-order valence-electron chi connectivity index (χ1n) is 15.4. The third-order valence-electron chi connectivity index (χ3n) is 8.02. The number of ether oxygens (including phenoxy) is 3. The van der Waals surface area contributed by atoms with Crippen LogP contribution in [0.3, 0.4) is 0 Å². The van der Waals surface area contributed by atoms with Crippen molar-refractivity contribution in [2.75, 3.05) is 31.7 Å². The van der Waals surface area contributed by atoms with Gasteiger partial charge in [0, 0.05) is 23.1 Å². The molecule has 3 aromatic carbocycles. The van der Waals surface area contributed by atoms with Gasteiger partial charge < -0.3 is 24.4 Å². The zero-order valence-corrected chi connectivity index (χ0v) is 29.1. The maximum atomic E-state index is 14.3. The van der Waals surface area contributed by atoms with Crippen LogP contribution in [0, 0.1) is 0 Å². The van der Waals surface area contributed by atoms with E-state index < -0.39 is 28.5 Å². The number of hydrogen-bond donors (Lipinski definition) is 1. The van der Waals surface area contributed by atoms with Crippen molar-refractivity contribution in [3.05, 3.63) is 76.8 Å². The maximum Gasteiger partial charge on any atom is 0.264 e. The minimum absolute atomic E-state index is 0.0531. The van der Waals surface area contributed by atoms with Gasteiger partial charge in [0.15, 0.2) is 11.5 Å². The third kappa shape index (κ3) is 8.73. The van der Waals surface area contributed by atoms with Gasteiger partial charge in [0.25, 0.3) is 10.0 Å². The van der Waals surface area contributed by atoms with E-state index in [-0.39, 0.29) is 34.8 Å². The van der Waals surface area contributed by atoms with Crippen molar-refractivity contribution in [1.29, 1.82) is 0 Å². The van der Waals surface area contributed by atoms with Gasteiger partial charge in [0.05, 0.1) is 31.4 Å². The summed E-state index contributed by atoms with van der Waals surface area (Å²) in [4.78, 5) is 29.2. The Balaban J connectivity index is 1.72. The van der Waals surface area contributed by atoms with Crippen LogP contribution in [0.2, 0.25) is 0 Å². The molecular weight excluding hydrogens is 674 g/mol. The molecule has 0 unspecified atom stereocenters. The second-order valence-corrected chi connectivity index (χ2v) is 13.9. The largest absolute Gasteiger partial charge is 0.494 e. The lowest BCUT2D eigenvalue weighted by Gasteiger charge is -2.33. The number of anilines is 1.